The van der Waals surface area contributed by atoms with Gasteiger partial charge in [-0.3, -0.25) is 0 Å². The van der Waals surface area contributed by atoms with Gasteiger partial charge in [0, 0.05) is 23.1 Å². The molecule has 22 heavy (non-hydrogen) atoms. The van der Waals surface area contributed by atoms with E-state index >= 15 is 0 Å². The first-order valence-electron chi connectivity index (χ1n) is 8.22. The van der Waals surface area contributed by atoms with Gasteiger partial charge >= 0.3 is 0 Å². The van der Waals surface area contributed by atoms with Crippen LogP contribution in [0.1, 0.15) is 24.8 Å². The summed E-state index contributed by atoms with van der Waals surface area (Å²) in [4.78, 5) is 0. The van der Waals surface area contributed by atoms with E-state index in [1.807, 2.05) is 6.07 Å². The Labute approximate surface area is 140 Å². The van der Waals surface area contributed by atoms with Crippen LogP contribution in [0.25, 0.3) is 0 Å². The molecule has 3 unspecified atom stereocenters. The second kappa shape index (κ2) is 7.86. The summed E-state index contributed by atoms with van der Waals surface area (Å²) in [6.45, 7) is 3.42. The van der Waals surface area contributed by atoms with Gasteiger partial charge in [0.2, 0.25) is 0 Å². The molecule has 3 rings (SSSR count). The average Bonchev–Trinajstić information content (AvgIpc) is 3.00. The minimum Gasteiger partial charge on any atom is -0.379 e. The van der Waals surface area contributed by atoms with Gasteiger partial charge in [0.05, 0.1) is 13.2 Å². The van der Waals surface area contributed by atoms with Crippen molar-refractivity contribution in [3.63, 3.8) is 0 Å². The lowest BCUT2D eigenvalue weighted by molar-refractivity contribution is 0.0526. The summed E-state index contributed by atoms with van der Waals surface area (Å²) in [5.41, 5.74) is 0.774. The predicted octanol–water partition coefficient (Wildman–Crippen LogP) is 2.88. The first-order chi connectivity index (χ1) is 10.7. The van der Waals surface area contributed by atoms with Gasteiger partial charge < -0.3 is 15.4 Å². The molecule has 2 aliphatic rings. The molecule has 1 aromatic rings. The number of hydrogen-bond donors (Lipinski definition) is 2. The highest BCUT2D eigenvalue weighted by Crippen LogP contribution is 2.29. The largest absolute Gasteiger partial charge is 0.379 e. The SMILES string of the molecule is Fc1ccc(Br)cc1CCNC1CCCC1C1COCCN1. The molecule has 3 nitrogen and oxygen atoms in total. The molecule has 0 spiro atoms. The topological polar surface area (TPSA) is 33.3 Å². The first-order valence-corrected chi connectivity index (χ1v) is 9.02. The number of hydrogen-bond acceptors (Lipinski definition) is 3. The summed E-state index contributed by atoms with van der Waals surface area (Å²) in [6.07, 6.45) is 4.46. The quantitative estimate of drug-likeness (QED) is 0.835. The molecule has 2 N–H and O–H groups in total. The maximum Gasteiger partial charge on any atom is 0.126 e. The molecule has 122 valence electrons. The first kappa shape index (κ1) is 16.4. The number of morpholine rings is 1. The van der Waals surface area contributed by atoms with Crippen LogP contribution in [0.5, 0.6) is 0 Å². The van der Waals surface area contributed by atoms with Crippen LogP contribution in [-0.2, 0) is 11.2 Å². The molecular weight excluding hydrogens is 347 g/mol. The van der Waals surface area contributed by atoms with Crippen LogP contribution in [0.3, 0.4) is 0 Å². The van der Waals surface area contributed by atoms with Crippen LogP contribution in [0.4, 0.5) is 4.39 Å². The lowest BCUT2D eigenvalue weighted by Gasteiger charge is -2.33. The van der Waals surface area contributed by atoms with E-state index in [2.05, 4.69) is 26.6 Å². The fourth-order valence-corrected chi connectivity index (χ4v) is 4.12. The van der Waals surface area contributed by atoms with E-state index < -0.39 is 0 Å². The maximum atomic E-state index is 13.8. The van der Waals surface area contributed by atoms with Crippen LogP contribution in [0.15, 0.2) is 22.7 Å². The Morgan fingerprint density at radius 1 is 1.36 bits per heavy atom. The van der Waals surface area contributed by atoms with Crippen molar-refractivity contribution in [2.45, 2.75) is 37.8 Å². The van der Waals surface area contributed by atoms with E-state index in [1.165, 1.54) is 25.3 Å². The van der Waals surface area contributed by atoms with Crippen molar-refractivity contribution in [3.05, 3.63) is 34.1 Å². The Morgan fingerprint density at radius 3 is 3.09 bits per heavy atom. The summed E-state index contributed by atoms with van der Waals surface area (Å²) >= 11 is 3.41. The Morgan fingerprint density at radius 2 is 2.27 bits per heavy atom. The number of nitrogens with one attached hydrogen (secondary N) is 2. The van der Waals surface area contributed by atoms with Crippen molar-refractivity contribution in [1.82, 2.24) is 10.6 Å². The van der Waals surface area contributed by atoms with Gasteiger partial charge in [-0.15, -0.1) is 0 Å². The second-order valence-electron chi connectivity index (χ2n) is 6.28. The number of ether oxygens (including phenoxy) is 1. The Hall–Kier alpha value is -0.490. The van der Waals surface area contributed by atoms with Gasteiger partial charge in [0.25, 0.3) is 0 Å². The normalized spacial score (nSPS) is 28.9. The number of benzene rings is 1. The standard InChI is InChI=1S/C17H24BrFN2O/c18-13-4-5-15(19)12(10-13)6-7-20-16-3-1-2-14(16)17-11-22-9-8-21-17/h4-5,10,14,16-17,20-21H,1-3,6-9,11H2. The zero-order chi connectivity index (χ0) is 15.4. The number of halogens is 2. The summed E-state index contributed by atoms with van der Waals surface area (Å²) in [7, 11) is 0. The highest BCUT2D eigenvalue weighted by atomic mass is 79.9. The molecule has 0 bridgehead atoms. The molecule has 1 aromatic carbocycles. The van der Waals surface area contributed by atoms with E-state index in [4.69, 9.17) is 4.74 Å². The van der Waals surface area contributed by atoms with Crippen LogP contribution in [0, 0.1) is 11.7 Å². The Bertz CT molecular complexity index is 494. The Kier molecular flexibility index (Phi) is 5.85. The highest BCUT2D eigenvalue weighted by molar-refractivity contribution is 9.10. The van der Waals surface area contributed by atoms with Gasteiger partial charge in [-0.25, -0.2) is 4.39 Å². The summed E-state index contributed by atoms with van der Waals surface area (Å²) in [5, 5.41) is 7.23. The van der Waals surface area contributed by atoms with Gasteiger partial charge in [-0.1, -0.05) is 22.4 Å². The molecule has 3 atom stereocenters. The van der Waals surface area contributed by atoms with Crippen LogP contribution in [0.2, 0.25) is 0 Å². The third-order valence-electron chi connectivity index (χ3n) is 4.85. The third-order valence-corrected chi connectivity index (χ3v) is 5.34. The van der Waals surface area contributed by atoms with Crippen LogP contribution >= 0.6 is 15.9 Å². The van der Waals surface area contributed by atoms with Gasteiger partial charge in [-0.2, -0.15) is 0 Å². The van der Waals surface area contributed by atoms with Gasteiger partial charge in [-0.05, 0) is 55.5 Å². The highest BCUT2D eigenvalue weighted by Gasteiger charge is 2.34. The predicted molar refractivity (Wildman–Crippen MR) is 89.5 cm³/mol. The monoisotopic (exact) mass is 370 g/mol. The van der Waals surface area contributed by atoms with E-state index in [0.717, 1.165) is 42.8 Å². The summed E-state index contributed by atoms with van der Waals surface area (Å²) in [5.74, 6) is 0.517. The van der Waals surface area contributed by atoms with Crippen LogP contribution in [-0.4, -0.2) is 38.4 Å². The van der Waals surface area contributed by atoms with Crippen molar-refractivity contribution >= 4 is 15.9 Å². The molecule has 5 heteroatoms. The van der Waals surface area contributed by atoms with E-state index in [1.54, 1.807) is 6.07 Å². The lowest BCUT2D eigenvalue weighted by Crippen LogP contribution is -2.51. The maximum absolute atomic E-state index is 13.8. The molecule has 1 aliphatic carbocycles. The molecule has 0 aromatic heterocycles. The van der Waals surface area contributed by atoms with Crippen molar-refractivity contribution in [1.29, 1.82) is 0 Å². The summed E-state index contributed by atoms with van der Waals surface area (Å²) in [6, 6.07) is 6.14. The van der Waals surface area contributed by atoms with Crippen molar-refractivity contribution in [2.75, 3.05) is 26.3 Å². The van der Waals surface area contributed by atoms with Crippen molar-refractivity contribution in [3.8, 4) is 0 Å². The molecule has 2 fully saturated rings. The zero-order valence-electron chi connectivity index (χ0n) is 12.8. The van der Waals surface area contributed by atoms with E-state index in [0.29, 0.717) is 18.0 Å². The minimum absolute atomic E-state index is 0.115. The summed E-state index contributed by atoms with van der Waals surface area (Å²) < 4.78 is 20.3. The fourth-order valence-electron chi connectivity index (χ4n) is 3.71. The van der Waals surface area contributed by atoms with Gasteiger partial charge in [0.15, 0.2) is 0 Å². The van der Waals surface area contributed by atoms with E-state index in [-0.39, 0.29) is 5.82 Å². The van der Waals surface area contributed by atoms with Gasteiger partial charge in [0.1, 0.15) is 5.82 Å². The molecule has 0 radical (unpaired) electrons. The lowest BCUT2D eigenvalue weighted by atomic mass is 9.94. The van der Waals surface area contributed by atoms with E-state index in [9.17, 15) is 4.39 Å². The third kappa shape index (κ3) is 4.07. The smallest absolute Gasteiger partial charge is 0.126 e. The minimum atomic E-state index is -0.115. The molecule has 1 heterocycles. The molecular formula is C17H24BrFN2O. The van der Waals surface area contributed by atoms with Crippen LogP contribution < -0.4 is 10.6 Å². The molecule has 0 amide bonds. The fraction of sp³-hybridized carbons (Fsp3) is 0.647. The second-order valence-corrected chi connectivity index (χ2v) is 7.19. The molecule has 1 saturated carbocycles. The Balaban J connectivity index is 1.51. The van der Waals surface area contributed by atoms with Crippen molar-refractivity contribution < 1.29 is 9.13 Å². The van der Waals surface area contributed by atoms with Crippen molar-refractivity contribution in [2.24, 2.45) is 5.92 Å². The molecule has 1 aliphatic heterocycles. The zero-order valence-corrected chi connectivity index (χ0v) is 14.4. The number of rotatable bonds is 5. The average molecular weight is 371 g/mol. The molecule has 1 saturated heterocycles.